The minimum Gasteiger partial charge on any atom is -0.479 e. The Kier molecular flexibility index (Phi) is 5.57. The Morgan fingerprint density at radius 3 is 2.56 bits per heavy atom. The zero-order chi connectivity index (χ0) is 13.5. The number of carbonyl (C=O) groups excluding carboxylic acids is 2. The van der Waals surface area contributed by atoms with Crippen molar-refractivity contribution in [3.63, 3.8) is 0 Å². The first-order valence-electron chi connectivity index (χ1n) is 5.86. The van der Waals surface area contributed by atoms with Crippen LogP contribution in [0.4, 0.5) is 0 Å². The predicted octanol–water partition coefficient (Wildman–Crippen LogP) is -0.312. The first-order valence-corrected chi connectivity index (χ1v) is 5.86. The molecule has 0 saturated carbocycles. The number of hydrogen-bond acceptors (Lipinski definition) is 5. The van der Waals surface area contributed by atoms with Gasteiger partial charge in [0.2, 0.25) is 5.91 Å². The summed E-state index contributed by atoms with van der Waals surface area (Å²) in [6, 6.07) is 0. The van der Waals surface area contributed by atoms with Gasteiger partial charge in [-0.15, -0.1) is 0 Å². The van der Waals surface area contributed by atoms with E-state index < -0.39 is 18.2 Å². The van der Waals surface area contributed by atoms with Gasteiger partial charge in [0.15, 0.2) is 6.10 Å². The molecule has 0 aromatic carbocycles. The molecule has 1 amide bonds. The molecule has 18 heavy (non-hydrogen) atoms. The Morgan fingerprint density at radius 1 is 1.33 bits per heavy atom. The maximum atomic E-state index is 11.6. The fourth-order valence-corrected chi connectivity index (χ4v) is 1.65. The molecule has 1 rings (SSSR count). The number of ether oxygens (including phenoxy) is 2. The van der Waals surface area contributed by atoms with Crippen LogP contribution in [0.1, 0.15) is 26.2 Å². The van der Waals surface area contributed by atoms with Gasteiger partial charge in [0, 0.05) is 6.54 Å². The topological polar surface area (TPSA) is 102 Å². The minimum absolute atomic E-state index is 0.0919. The van der Waals surface area contributed by atoms with Crippen LogP contribution in [-0.4, -0.2) is 48.3 Å². The second-order valence-corrected chi connectivity index (χ2v) is 3.88. The molecule has 2 unspecified atom stereocenters. The van der Waals surface area contributed by atoms with Crippen LogP contribution in [0.25, 0.3) is 0 Å². The average Bonchev–Trinajstić information content (AvgIpc) is 2.78. The molecule has 0 aromatic rings. The Bertz CT molecular complexity index is 329. The summed E-state index contributed by atoms with van der Waals surface area (Å²) >= 11 is 0. The second kappa shape index (κ2) is 6.95. The van der Waals surface area contributed by atoms with E-state index in [-0.39, 0.29) is 24.8 Å². The normalized spacial score (nSPS) is 22.5. The maximum absolute atomic E-state index is 11.6. The molecule has 7 nitrogen and oxygen atoms in total. The molecular formula is C11H17NO6. The number of nitrogens with one attached hydrogen (secondary N) is 1. The van der Waals surface area contributed by atoms with Gasteiger partial charge in [0.1, 0.15) is 6.10 Å². The van der Waals surface area contributed by atoms with Crippen LogP contribution >= 0.6 is 0 Å². The fraction of sp³-hybridized carbons (Fsp3) is 0.727. The molecule has 0 aromatic heterocycles. The molecule has 1 heterocycles. The third-order valence-corrected chi connectivity index (χ3v) is 2.52. The van der Waals surface area contributed by atoms with Crippen LogP contribution < -0.4 is 5.32 Å². The van der Waals surface area contributed by atoms with Gasteiger partial charge in [0.25, 0.3) is 0 Å². The SMILES string of the molecule is CCOC(=O)CCNC(=O)C1CCC(C(=O)O)O1. The van der Waals surface area contributed by atoms with Crippen molar-refractivity contribution in [3.8, 4) is 0 Å². The third kappa shape index (κ3) is 4.33. The molecule has 1 aliphatic rings. The third-order valence-electron chi connectivity index (χ3n) is 2.52. The van der Waals surface area contributed by atoms with E-state index in [2.05, 4.69) is 5.32 Å². The summed E-state index contributed by atoms with van der Waals surface area (Å²) in [6.45, 7) is 2.17. The highest BCUT2D eigenvalue weighted by Gasteiger charge is 2.34. The number of aliphatic carboxylic acids is 1. The molecule has 2 atom stereocenters. The van der Waals surface area contributed by atoms with Gasteiger partial charge in [-0.2, -0.15) is 0 Å². The summed E-state index contributed by atoms with van der Waals surface area (Å²) in [5.74, 6) is -1.83. The molecule has 2 N–H and O–H groups in total. The van der Waals surface area contributed by atoms with Gasteiger partial charge in [-0.3, -0.25) is 9.59 Å². The highest BCUT2D eigenvalue weighted by Crippen LogP contribution is 2.19. The number of carboxylic acids is 1. The van der Waals surface area contributed by atoms with E-state index in [1.807, 2.05) is 0 Å². The molecular weight excluding hydrogens is 242 g/mol. The Morgan fingerprint density at radius 2 is 2.00 bits per heavy atom. The van der Waals surface area contributed by atoms with E-state index >= 15 is 0 Å². The summed E-state index contributed by atoms with van der Waals surface area (Å²) in [7, 11) is 0. The van der Waals surface area contributed by atoms with Gasteiger partial charge in [-0.1, -0.05) is 0 Å². The van der Waals surface area contributed by atoms with Crippen molar-refractivity contribution in [1.29, 1.82) is 0 Å². The lowest BCUT2D eigenvalue weighted by atomic mass is 10.2. The molecule has 7 heteroatoms. The summed E-state index contributed by atoms with van der Waals surface area (Å²) in [5.41, 5.74) is 0. The monoisotopic (exact) mass is 259 g/mol. The summed E-state index contributed by atoms with van der Waals surface area (Å²) < 4.78 is 9.76. The van der Waals surface area contributed by atoms with Crippen molar-refractivity contribution < 1.29 is 29.0 Å². The molecule has 0 aliphatic carbocycles. The lowest BCUT2D eigenvalue weighted by Gasteiger charge is -2.11. The first kappa shape index (κ1) is 14.4. The largest absolute Gasteiger partial charge is 0.479 e. The standard InChI is InChI=1S/C11H17NO6/c1-2-17-9(13)5-6-12-10(14)7-3-4-8(18-7)11(15)16/h7-8H,2-6H2,1H3,(H,12,14)(H,15,16). The number of rotatable bonds is 6. The number of hydrogen-bond donors (Lipinski definition) is 2. The number of carboxylic acid groups (broad SMARTS) is 1. The van der Waals surface area contributed by atoms with Gasteiger partial charge < -0.3 is 19.9 Å². The zero-order valence-electron chi connectivity index (χ0n) is 10.2. The first-order chi connectivity index (χ1) is 8.54. The quantitative estimate of drug-likeness (QED) is 0.634. The lowest BCUT2D eigenvalue weighted by Crippen LogP contribution is -2.36. The molecule has 1 fully saturated rings. The van der Waals surface area contributed by atoms with E-state index in [0.717, 1.165) is 0 Å². The summed E-state index contributed by atoms with van der Waals surface area (Å²) in [5, 5.41) is 11.2. The van der Waals surface area contributed by atoms with Gasteiger partial charge in [0.05, 0.1) is 13.0 Å². The molecule has 0 spiro atoms. The van der Waals surface area contributed by atoms with E-state index in [0.29, 0.717) is 19.4 Å². The summed E-state index contributed by atoms with van der Waals surface area (Å²) in [4.78, 5) is 33.2. The molecule has 1 saturated heterocycles. The molecule has 0 bridgehead atoms. The lowest BCUT2D eigenvalue weighted by molar-refractivity contribution is -0.151. The Hall–Kier alpha value is -1.63. The van der Waals surface area contributed by atoms with Crippen molar-refractivity contribution in [2.45, 2.75) is 38.4 Å². The maximum Gasteiger partial charge on any atom is 0.332 e. The van der Waals surface area contributed by atoms with E-state index in [1.165, 1.54) is 0 Å². The van der Waals surface area contributed by atoms with E-state index in [9.17, 15) is 14.4 Å². The highest BCUT2D eigenvalue weighted by molar-refractivity contribution is 5.83. The van der Waals surface area contributed by atoms with E-state index in [4.69, 9.17) is 14.6 Å². The summed E-state index contributed by atoms with van der Waals surface area (Å²) in [6.07, 6.45) is -0.860. The number of amides is 1. The van der Waals surface area contributed by atoms with E-state index in [1.54, 1.807) is 6.92 Å². The second-order valence-electron chi connectivity index (χ2n) is 3.88. The van der Waals surface area contributed by atoms with Crippen LogP contribution in [0.2, 0.25) is 0 Å². The molecule has 1 aliphatic heterocycles. The van der Waals surface area contributed by atoms with Gasteiger partial charge >= 0.3 is 11.9 Å². The minimum atomic E-state index is -1.06. The van der Waals surface area contributed by atoms with Crippen LogP contribution in [0, 0.1) is 0 Å². The van der Waals surface area contributed by atoms with Crippen molar-refractivity contribution in [2.75, 3.05) is 13.2 Å². The number of esters is 1. The van der Waals surface area contributed by atoms with Crippen molar-refractivity contribution in [3.05, 3.63) is 0 Å². The highest BCUT2D eigenvalue weighted by atomic mass is 16.5. The van der Waals surface area contributed by atoms with Crippen molar-refractivity contribution in [1.82, 2.24) is 5.32 Å². The van der Waals surface area contributed by atoms with Gasteiger partial charge in [-0.05, 0) is 19.8 Å². The van der Waals surface area contributed by atoms with Crippen molar-refractivity contribution >= 4 is 17.8 Å². The molecule has 102 valence electrons. The van der Waals surface area contributed by atoms with Gasteiger partial charge in [-0.25, -0.2) is 4.79 Å². The van der Waals surface area contributed by atoms with Crippen LogP contribution in [0.3, 0.4) is 0 Å². The molecule has 0 radical (unpaired) electrons. The average molecular weight is 259 g/mol. The Balaban J connectivity index is 2.22. The zero-order valence-corrected chi connectivity index (χ0v) is 10.2. The van der Waals surface area contributed by atoms with Crippen molar-refractivity contribution in [2.24, 2.45) is 0 Å². The van der Waals surface area contributed by atoms with Crippen LogP contribution in [-0.2, 0) is 23.9 Å². The van der Waals surface area contributed by atoms with Crippen LogP contribution in [0.15, 0.2) is 0 Å². The fourth-order valence-electron chi connectivity index (χ4n) is 1.65. The smallest absolute Gasteiger partial charge is 0.332 e. The number of carbonyl (C=O) groups is 3. The predicted molar refractivity (Wildman–Crippen MR) is 59.8 cm³/mol. The van der Waals surface area contributed by atoms with Crippen LogP contribution in [0.5, 0.6) is 0 Å². The Labute approximate surface area is 104 Å².